The van der Waals surface area contributed by atoms with E-state index in [1.807, 2.05) is 0 Å². The summed E-state index contributed by atoms with van der Waals surface area (Å²) < 4.78 is 43.4. The third kappa shape index (κ3) is 69.0. The fraction of sp³-hybridized carbons (Fsp3) is 0.815. The molecule has 650 valence electrons. The van der Waals surface area contributed by atoms with Crippen LogP contribution in [0.4, 0.5) is 0 Å². The topological polar surface area (TPSA) is 471 Å². The van der Waals surface area contributed by atoms with Crippen molar-refractivity contribution in [2.24, 2.45) is 23.2 Å². The van der Waals surface area contributed by atoms with Crippen molar-refractivity contribution in [2.45, 2.75) is 271 Å². The molecule has 0 heterocycles. The maximum absolute atomic E-state index is 13.7. The number of carbonyl (C=O) groups excluding carboxylic acids is 11. The molecule has 0 unspecified atom stereocenters. The van der Waals surface area contributed by atoms with Crippen LogP contribution < -0.4 is 26.6 Å². The smallest absolute Gasteiger partial charge is 0.326 e. The number of carboxylic acid groups (broad SMARTS) is 4. The van der Waals surface area contributed by atoms with Gasteiger partial charge >= 0.3 is 23.9 Å². The van der Waals surface area contributed by atoms with Crippen molar-refractivity contribution in [3.63, 3.8) is 0 Å². The lowest BCUT2D eigenvalue weighted by molar-refractivity contribution is -0.144. The third-order valence-corrected chi connectivity index (χ3v) is 18.5. The van der Waals surface area contributed by atoms with Gasteiger partial charge in [0.1, 0.15) is 61.4 Å². The molecule has 5 amide bonds. The number of nitrogens with one attached hydrogen (secondary N) is 5. The molecule has 0 radical (unpaired) electrons. The Bertz CT molecular complexity index is 2710. The summed E-state index contributed by atoms with van der Waals surface area (Å²) in [5.74, 6) is -8.46. The number of rotatable bonds is 83. The number of unbranched alkanes of at least 4 members (excludes halogenated alkanes) is 16. The van der Waals surface area contributed by atoms with Gasteiger partial charge in [0, 0.05) is 127 Å². The van der Waals surface area contributed by atoms with Crippen LogP contribution in [0, 0.1) is 23.2 Å². The molecule has 32 nitrogen and oxygen atoms in total. The molecular weight excluding hydrogens is 1470 g/mol. The lowest BCUT2D eigenvalue weighted by atomic mass is 9.79. The summed E-state index contributed by atoms with van der Waals surface area (Å²) in [6, 6.07) is -1.15. The van der Waals surface area contributed by atoms with Gasteiger partial charge in [-0.15, -0.1) is 0 Å². The van der Waals surface area contributed by atoms with Gasteiger partial charge in [0.05, 0.1) is 72.0 Å². The summed E-state index contributed by atoms with van der Waals surface area (Å²) in [4.78, 5) is 183. The summed E-state index contributed by atoms with van der Waals surface area (Å²) >= 11 is 0. The number of hydrogen-bond acceptors (Lipinski definition) is 23. The van der Waals surface area contributed by atoms with E-state index in [2.05, 4.69) is 26.6 Å². The minimum absolute atomic E-state index is 0.00173. The van der Waals surface area contributed by atoms with Crippen molar-refractivity contribution >= 4 is 88.1 Å². The Hall–Kier alpha value is -7.07. The molecule has 0 aromatic rings. The van der Waals surface area contributed by atoms with Crippen LogP contribution in [-0.2, 0) is 110 Å². The van der Waals surface area contributed by atoms with Gasteiger partial charge in [-0.2, -0.15) is 0 Å². The van der Waals surface area contributed by atoms with Crippen LogP contribution >= 0.6 is 0 Å². The average Bonchev–Trinajstić information content (AvgIpc) is 0.869. The predicted octanol–water partition coefficient (Wildman–Crippen LogP) is 8.17. The normalized spacial score (nSPS) is 12.4. The highest BCUT2D eigenvalue weighted by atomic mass is 16.5. The van der Waals surface area contributed by atoms with Crippen molar-refractivity contribution < 1.29 is 130 Å². The van der Waals surface area contributed by atoms with Crippen molar-refractivity contribution in [1.29, 1.82) is 0 Å². The zero-order valence-electron chi connectivity index (χ0n) is 68.3. The number of Topliss-reactive ketones (excluding diaryl/α,β-unsaturated/α-hetero) is 6. The van der Waals surface area contributed by atoms with Gasteiger partial charge in [-0.05, 0) is 84.0 Å². The molecule has 0 saturated heterocycles. The molecule has 0 rings (SSSR count). The first kappa shape index (κ1) is 106. The van der Waals surface area contributed by atoms with Crippen molar-refractivity contribution in [3.05, 3.63) is 0 Å². The quantitative estimate of drug-likeness (QED) is 0.0259. The summed E-state index contributed by atoms with van der Waals surface area (Å²) in [6.45, 7) is 9.48. The van der Waals surface area contributed by atoms with Crippen molar-refractivity contribution in [1.82, 2.24) is 26.6 Å². The molecule has 0 aromatic carbocycles. The van der Waals surface area contributed by atoms with Crippen LogP contribution in [0.3, 0.4) is 0 Å². The number of amides is 5. The fourth-order valence-electron chi connectivity index (χ4n) is 11.6. The molecule has 0 aliphatic heterocycles. The van der Waals surface area contributed by atoms with E-state index in [9.17, 15) is 82.1 Å². The number of aliphatic carboxylic acids is 4. The molecule has 0 aliphatic rings. The first-order chi connectivity index (χ1) is 54.1. The lowest BCUT2D eigenvalue weighted by Crippen LogP contribution is -2.41. The number of ether oxygens (including phenoxy) is 8. The molecule has 113 heavy (non-hydrogen) atoms. The van der Waals surface area contributed by atoms with Gasteiger partial charge in [0.25, 0.3) is 0 Å². The first-order valence-corrected chi connectivity index (χ1v) is 41.1. The van der Waals surface area contributed by atoms with Gasteiger partial charge in [-0.3, -0.25) is 67.1 Å². The number of hydrogen-bond donors (Lipinski definition) is 9. The summed E-state index contributed by atoms with van der Waals surface area (Å²) in [5.41, 5.74) is -0.671. The second-order valence-corrected chi connectivity index (χ2v) is 29.6. The van der Waals surface area contributed by atoms with Crippen molar-refractivity contribution in [2.75, 3.05) is 132 Å². The van der Waals surface area contributed by atoms with E-state index in [1.54, 1.807) is 20.8 Å². The minimum Gasteiger partial charge on any atom is -0.481 e. The van der Waals surface area contributed by atoms with E-state index in [0.29, 0.717) is 103 Å². The van der Waals surface area contributed by atoms with Gasteiger partial charge in [0.2, 0.25) is 29.5 Å². The van der Waals surface area contributed by atoms with E-state index in [4.69, 9.17) is 48.1 Å². The number of ketones is 6. The van der Waals surface area contributed by atoms with E-state index in [0.717, 1.165) is 77.0 Å². The highest BCUT2D eigenvalue weighted by molar-refractivity contribution is 5.93. The summed E-state index contributed by atoms with van der Waals surface area (Å²) in [6.07, 6.45) is 19.1. The second-order valence-electron chi connectivity index (χ2n) is 29.6. The SMILES string of the molecule is CC(=O)[C@H](CCCCNC(=O)COCCOCCCC(=O)COCCOCCNC(=O)CC[C@H](CC(=O)CCCCCCCCCCC(=O)O)C(=O)O)CC(=O)[C@H](CCCCNC(=O)COCCOCCNC(=O)COCCOCCCC(=O)CC[C@H](NC(=O)CCCCCCCCCCC(=O)O)C(=O)O)CC(=O)C(C)(C)C. The zero-order valence-corrected chi connectivity index (χ0v) is 68.3. The van der Waals surface area contributed by atoms with E-state index in [1.165, 1.54) is 6.92 Å². The molecular formula is C81H139N5O27. The highest BCUT2D eigenvalue weighted by Gasteiger charge is 2.31. The molecule has 0 aliphatic carbocycles. The van der Waals surface area contributed by atoms with Crippen LogP contribution in [0.5, 0.6) is 0 Å². The monoisotopic (exact) mass is 1610 g/mol. The van der Waals surface area contributed by atoms with Gasteiger partial charge in [0.15, 0.2) is 5.78 Å². The molecule has 9 N–H and O–H groups in total. The Morgan fingerprint density at radius 3 is 1.12 bits per heavy atom. The Kier molecular flexibility index (Phi) is 67.0. The van der Waals surface area contributed by atoms with E-state index >= 15 is 0 Å². The van der Waals surface area contributed by atoms with E-state index < -0.39 is 53.1 Å². The van der Waals surface area contributed by atoms with Gasteiger partial charge < -0.3 is 84.9 Å². The molecule has 32 heteroatoms. The molecule has 4 atom stereocenters. The maximum Gasteiger partial charge on any atom is 0.326 e. The molecule has 0 bridgehead atoms. The second kappa shape index (κ2) is 71.5. The Morgan fingerprint density at radius 2 is 0.681 bits per heavy atom. The standard InChI is InChI=1S/C81H139N5O27/c1-62(87)63(27-21-23-39-82-74(95)59-111-52-48-107-44-26-31-68(90)58-110-51-49-108-45-41-84-72(93)38-35-65(79(102)103)55-67(89)29-17-13-9-5-7-11-15-19-33-77(98)99)56-70(91)64(57-71(92)81(2,3)4)28-22-24-40-83-75(96)60-113-54-50-109-46-42-85-76(97)61-112-53-47-106-43-25-30-66(88)36-37-69(80(104)105)86-73(94)32-18-14-10-6-8-12-16-20-34-78(100)101/h63-65,69H,5-61H2,1-4H3,(H,82,95)(H,83,96)(H,84,93)(H,85,97)(H,86,94)(H,98,99)(H,100,101)(H,102,103)(H,104,105)/t63-,64-,65-,69+/m1/s1. The first-order valence-electron chi connectivity index (χ1n) is 41.1. The average molecular weight is 1620 g/mol. The molecule has 0 saturated carbocycles. The van der Waals surface area contributed by atoms with Crippen LogP contribution in [0.1, 0.15) is 265 Å². The largest absolute Gasteiger partial charge is 0.481 e. The molecule has 0 aromatic heterocycles. The van der Waals surface area contributed by atoms with E-state index in [-0.39, 0.29) is 253 Å². The Balaban J connectivity index is 4.15. The summed E-state index contributed by atoms with van der Waals surface area (Å²) in [7, 11) is 0. The molecule has 0 fully saturated rings. The molecule has 0 spiro atoms. The maximum atomic E-state index is 13.7. The lowest BCUT2D eigenvalue weighted by Gasteiger charge is -2.23. The van der Waals surface area contributed by atoms with Crippen LogP contribution in [0.25, 0.3) is 0 Å². The van der Waals surface area contributed by atoms with Crippen LogP contribution in [0.2, 0.25) is 0 Å². The third-order valence-electron chi connectivity index (χ3n) is 18.5. The van der Waals surface area contributed by atoms with Gasteiger partial charge in [-0.25, -0.2) is 4.79 Å². The number of carboxylic acids is 4. The van der Waals surface area contributed by atoms with Crippen molar-refractivity contribution in [3.8, 4) is 0 Å². The van der Waals surface area contributed by atoms with Gasteiger partial charge in [-0.1, -0.05) is 111 Å². The predicted molar refractivity (Wildman–Crippen MR) is 418 cm³/mol. The fourth-order valence-corrected chi connectivity index (χ4v) is 11.6. The number of carbonyl (C=O) groups is 15. The Labute approximate surface area is 668 Å². The van der Waals surface area contributed by atoms with Crippen LogP contribution in [0.15, 0.2) is 0 Å². The summed E-state index contributed by atoms with van der Waals surface area (Å²) in [5, 5.41) is 50.0. The van der Waals surface area contributed by atoms with Crippen LogP contribution in [-0.4, -0.2) is 246 Å². The Morgan fingerprint density at radius 1 is 0.292 bits per heavy atom. The minimum atomic E-state index is -1.20. The highest BCUT2D eigenvalue weighted by Crippen LogP contribution is 2.27. The zero-order chi connectivity index (χ0) is 84.0.